The summed E-state index contributed by atoms with van der Waals surface area (Å²) in [5.41, 5.74) is -0.776. The molecule has 18 heavy (non-hydrogen) atoms. The average molecular weight is 267 g/mol. The molecule has 0 rings (SSSR count). The summed E-state index contributed by atoms with van der Waals surface area (Å²) in [7, 11) is 0. The molecule has 0 radical (unpaired) electrons. The number of amides is 1. The first-order chi connectivity index (χ1) is 7.91. The molecule has 0 aliphatic rings. The van der Waals surface area contributed by atoms with Crippen LogP contribution in [0.2, 0.25) is 0 Å². The Labute approximate surface area is 105 Å². The molecule has 5 nitrogen and oxygen atoms in total. The number of rotatable bonds is 5. The molecule has 0 aliphatic carbocycles. The van der Waals surface area contributed by atoms with Gasteiger partial charge in [-0.15, -0.1) is 0 Å². The van der Waals surface area contributed by atoms with Crippen molar-refractivity contribution < 1.29 is 28.2 Å². The fourth-order valence-electron chi connectivity index (χ4n) is 1.10. The fraction of sp³-hybridized carbons (Fsp3) is 0.818. The van der Waals surface area contributed by atoms with Crippen molar-refractivity contribution in [3.63, 3.8) is 0 Å². The Bertz CT molecular complexity index is 307. The topological polar surface area (TPSA) is 75.6 Å². The van der Waals surface area contributed by atoms with E-state index in [0.29, 0.717) is 6.92 Å². The van der Waals surface area contributed by atoms with E-state index in [-0.39, 0.29) is 6.42 Å². The lowest BCUT2D eigenvalue weighted by Gasteiger charge is -2.22. The Hall–Kier alpha value is -1.40. The lowest BCUT2D eigenvalue weighted by atomic mass is 10.1. The van der Waals surface area contributed by atoms with Gasteiger partial charge in [0.25, 0.3) is 0 Å². The van der Waals surface area contributed by atoms with Crippen molar-refractivity contribution in [3.05, 3.63) is 0 Å². The molecule has 0 bridgehead atoms. The molecule has 0 saturated heterocycles. The van der Waals surface area contributed by atoms with E-state index in [1.165, 1.54) is 0 Å². The predicted molar refractivity (Wildman–Crippen MR) is 60.6 cm³/mol. The van der Waals surface area contributed by atoms with Gasteiger partial charge in [-0.25, -0.2) is 18.4 Å². The highest BCUT2D eigenvalue weighted by atomic mass is 19.3. The molecule has 0 aliphatic heterocycles. The van der Waals surface area contributed by atoms with Gasteiger partial charge in [-0.1, -0.05) is 0 Å². The van der Waals surface area contributed by atoms with Crippen molar-refractivity contribution in [3.8, 4) is 0 Å². The third kappa shape index (κ3) is 8.72. The number of alkyl halides is 2. The van der Waals surface area contributed by atoms with Crippen molar-refractivity contribution in [2.24, 2.45) is 0 Å². The Kier molecular flexibility index (Phi) is 5.51. The van der Waals surface area contributed by atoms with Crippen LogP contribution in [0.1, 0.15) is 40.5 Å². The molecule has 0 unspecified atom stereocenters. The molecule has 0 fully saturated rings. The largest absolute Gasteiger partial charge is 0.480 e. The average Bonchev–Trinajstić information content (AvgIpc) is 2.06. The highest BCUT2D eigenvalue weighted by Crippen LogP contribution is 2.20. The number of ether oxygens (including phenoxy) is 1. The van der Waals surface area contributed by atoms with Crippen LogP contribution in [0.15, 0.2) is 0 Å². The van der Waals surface area contributed by atoms with Gasteiger partial charge >= 0.3 is 12.1 Å². The molecule has 0 heterocycles. The Morgan fingerprint density at radius 3 is 2.11 bits per heavy atom. The fourth-order valence-corrected chi connectivity index (χ4v) is 1.10. The van der Waals surface area contributed by atoms with Crippen LogP contribution in [0.25, 0.3) is 0 Å². The number of alkyl carbamates (subject to hydrolysis) is 1. The smallest absolute Gasteiger partial charge is 0.408 e. The molecule has 0 spiro atoms. The van der Waals surface area contributed by atoms with E-state index in [9.17, 15) is 18.4 Å². The molecule has 7 heteroatoms. The third-order valence-corrected chi connectivity index (χ3v) is 1.86. The molecular formula is C11H19F2NO4. The number of carboxylic acids is 1. The van der Waals surface area contributed by atoms with E-state index < -0.39 is 36.0 Å². The number of halogens is 2. The van der Waals surface area contributed by atoms with Crippen LogP contribution in [0.5, 0.6) is 0 Å². The zero-order valence-electron chi connectivity index (χ0n) is 10.9. The molecule has 1 amide bonds. The SMILES string of the molecule is CC(F)(F)CC[C@@H](NC(=O)OC(C)(C)C)C(=O)O. The molecule has 106 valence electrons. The van der Waals surface area contributed by atoms with E-state index in [2.05, 4.69) is 5.32 Å². The van der Waals surface area contributed by atoms with Gasteiger partial charge in [-0.3, -0.25) is 0 Å². The van der Waals surface area contributed by atoms with E-state index in [0.717, 1.165) is 0 Å². The van der Waals surface area contributed by atoms with Crippen molar-refractivity contribution in [1.29, 1.82) is 0 Å². The summed E-state index contributed by atoms with van der Waals surface area (Å²) in [6.45, 7) is 5.53. The number of carboxylic acid groups (broad SMARTS) is 1. The second-order valence-electron chi connectivity index (χ2n) is 5.15. The lowest BCUT2D eigenvalue weighted by Crippen LogP contribution is -2.44. The molecule has 0 aromatic carbocycles. The maximum Gasteiger partial charge on any atom is 0.408 e. The normalized spacial score (nSPS) is 13.9. The quantitative estimate of drug-likeness (QED) is 0.802. The zero-order valence-corrected chi connectivity index (χ0v) is 10.9. The second kappa shape index (κ2) is 5.97. The van der Waals surface area contributed by atoms with E-state index in [1.54, 1.807) is 20.8 Å². The number of carbonyl (C=O) groups excluding carboxylic acids is 1. The Morgan fingerprint density at radius 2 is 1.78 bits per heavy atom. The maximum atomic E-state index is 12.6. The molecule has 0 saturated carbocycles. The van der Waals surface area contributed by atoms with E-state index >= 15 is 0 Å². The Balaban J connectivity index is 4.37. The van der Waals surface area contributed by atoms with Gasteiger partial charge in [0.2, 0.25) is 5.92 Å². The van der Waals surface area contributed by atoms with Gasteiger partial charge in [-0.2, -0.15) is 0 Å². The van der Waals surface area contributed by atoms with Crippen molar-refractivity contribution >= 4 is 12.1 Å². The van der Waals surface area contributed by atoms with Gasteiger partial charge in [0.1, 0.15) is 11.6 Å². The summed E-state index contributed by atoms with van der Waals surface area (Å²) in [5.74, 6) is -4.34. The number of aliphatic carboxylic acids is 1. The van der Waals surface area contributed by atoms with Crippen LogP contribution in [0.4, 0.5) is 13.6 Å². The van der Waals surface area contributed by atoms with Gasteiger partial charge in [-0.05, 0) is 34.1 Å². The summed E-state index contributed by atoms with van der Waals surface area (Å²) in [6, 6.07) is -1.38. The molecule has 1 atom stereocenters. The number of hydrogen-bond acceptors (Lipinski definition) is 3. The first-order valence-electron chi connectivity index (χ1n) is 5.51. The van der Waals surface area contributed by atoms with Gasteiger partial charge in [0.05, 0.1) is 0 Å². The maximum absolute atomic E-state index is 12.6. The first-order valence-corrected chi connectivity index (χ1v) is 5.51. The predicted octanol–water partition coefficient (Wildman–Crippen LogP) is 2.40. The zero-order chi connectivity index (χ0) is 14.6. The first kappa shape index (κ1) is 16.6. The molecule has 0 aromatic rings. The number of nitrogens with one attached hydrogen (secondary N) is 1. The minimum Gasteiger partial charge on any atom is -0.480 e. The van der Waals surface area contributed by atoms with Crippen LogP contribution < -0.4 is 5.32 Å². The summed E-state index contributed by atoms with van der Waals surface area (Å²) in [5, 5.41) is 10.9. The molecule has 0 aromatic heterocycles. The minimum atomic E-state index is -2.97. The summed E-state index contributed by atoms with van der Waals surface area (Å²) >= 11 is 0. The second-order valence-corrected chi connectivity index (χ2v) is 5.15. The van der Waals surface area contributed by atoms with Gasteiger partial charge < -0.3 is 15.2 Å². The van der Waals surface area contributed by atoms with Crippen LogP contribution >= 0.6 is 0 Å². The van der Waals surface area contributed by atoms with E-state index in [1.807, 2.05) is 0 Å². The molecule has 2 N–H and O–H groups in total. The minimum absolute atomic E-state index is 0.363. The van der Waals surface area contributed by atoms with Crippen LogP contribution in [-0.2, 0) is 9.53 Å². The summed E-state index contributed by atoms with van der Waals surface area (Å²) in [4.78, 5) is 22.1. The summed E-state index contributed by atoms with van der Waals surface area (Å²) < 4.78 is 30.1. The third-order valence-electron chi connectivity index (χ3n) is 1.86. The number of carbonyl (C=O) groups is 2. The van der Waals surface area contributed by atoms with E-state index in [4.69, 9.17) is 9.84 Å². The summed E-state index contributed by atoms with van der Waals surface area (Å²) in [6.07, 6.45) is -1.92. The highest BCUT2D eigenvalue weighted by molar-refractivity contribution is 5.79. The lowest BCUT2D eigenvalue weighted by molar-refractivity contribution is -0.140. The monoisotopic (exact) mass is 267 g/mol. The number of hydrogen-bond donors (Lipinski definition) is 2. The standard InChI is InChI=1S/C11H19F2NO4/c1-10(2,3)18-9(17)14-7(8(15)16)5-6-11(4,12)13/h7H,5-6H2,1-4H3,(H,14,17)(H,15,16)/t7-/m1/s1. The van der Waals surface area contributed by atoms with Gasteiger partial charge in [0, 0.05) is 6.42 Å². The highest BCUT2D eigenvalue weighted by Gasteiger charge is 2.28. The van der Waals surface area contributed by atoms with Crippen molar-refractivity contribution in [1.82, 2.24) is 5.32 Å². The van der Waals surface area contributed by atoms with Crippen LogP contribution in [0.3, 0.4) is 0 Å². The van der Waals surface area contributed by atoms with Gasteiger partial charge in [0.15, 0.2) is 0 Å². The molecular weight excluding hydrogens is 248 g/mol. The van der Waals surface area contributed by atoms with Crippen LogP contribution in [0, 0.1) is 0 Å². The van der Waals surface area contributed by atoms with Crippen LogP contribution in [-0.4, -0.2) is 34.7 Å². The van der Waals surface area contributed by atoms with Crippen molar-refractivity contribution in [2.45, 2.75) is 58.1 Å². The Morgan fingerprint density at radius 1 is 1.28 bits per heavy atom. The van der Waals surface area contributed by atoms with Crippen molar-refractivity contribution in [2.75, 3.05) is 0 Å².